The van der Waals surface area contributed by atoms with Crippen LogP contribution < -0.4 is 15.4 Å². The number of methoxy groups -OCH3 is 1. The molecule has 0 bridgehead atoms. The van der Waals surface area contributed by atoms with Crippen molar-refractivity contribution in [2.45, 2.75) is 51.1 Å². The van der Waals surface area contributed by atoms with Crippen molar-refractivity contribution in [2.75, 3.05) is 19.0 Å². The molecule has 3 heteroatoms. The van der Waals surface area contributed by atoms with Crippen LogP contribution in [-0.2, 0) is 0 Å². The molecule has 0 spiro atoms. The van der Waals surface area contributed by atoms with Crippen LogP contribution in [-0.4, -0.2) is 25.7 Å². The van der Waals surface area contributed by atoms with E-state index >= 15 is 0 Å². The molecule has 3 atom stereocenters. The lowest BCUT2D eigenvalue weighted by atomic mass is 9.93. The van der Waals surface area contributed by atoms with Crippen molar-refractivity contribution in [3.8, 4) is 5.75 Å². The summed E-state index contributed by atoms with van der Waals surface area (Å²) in [6, 6.07) is 7.67. The number of anilines is 1. The van der Waals surface area contributed by atoms with Gasteiger partial charge in [0.05, 0.1) is 7.11 Å². The normalized spacial score (nSPS) is 29.6. The third-order valence-electron chi connectivity index (χ3n) is 4.96. The van der Waals surface area contributed by atoms with Gasteiger partial charge in [-0.25, -0.2) is 0 Å². The zero-order valence-corrected chi connectivity index (χ0v) is 12.6. The maximum absolute atomic E-state index is 5.28. The molecule has 2 fully saturated rings. The highest BCUT2D eigenvalue weighted by Crippen LogP contribution is 2.34. The Hall–Kier alpha value is -1.22. The Bertz CT molecular complexity index is 454. The number of hydrogen-bond acceptors (Lipinski definition) is 3. The Labute approximate surface area is 122 Å². The Morgan fingerprint density at radius 3 is 2.80 bits per heavy atom. The fourth-order valence-corrected chi connectivity index (χ4v) is 3.85. The molecule has 1 heterocycles. The molecule has 1 saturated carbocycles. The van der Waals surface area contributed by atoms with Crippen molar-refractivity contribution in [3.63, 3.8) is 0 Å². The molecule has 1 aromatic rings. The maximum Gasteiger partial charge on any atom is 0.119 e. The summed E-state index contributed by atoms with van der Waals surface area (Å²) >= 11 is 0. The monoisotopic (exact) mass is 274 g/mol. The van der Waals surface area contributed by atoms with E-state index in [4.69, 9.17) is 4.74 Å². The van der Waals surface area contributed by atoms with Crippen molar-refractivity contribution in [1.82, 2.24) is 5.32 Å². The van der Waals surface area contributed by atoms with E-state index in [1.807, 2.05) is 6.07 Å². The summed E-state index contributed by atoms with van der Waals surface area (Å²) in [5.41, 5.74) is 2.54. The predicted molar refractivity (Wildman–Crippen MR) is 83.5 cm³/mol. The number of aryl methyl sites for hydroxylation is 1. The van der Waals surface area contributed by atoms with Crippen LogP contribution >= 0.6 is 0 Å². The number of rotatable bonds is 4. The Balaban J connectivity index is 1.69. The minimum atomic E-state index is 0.623. The Kier molecular flexibility index (Phi) is 4.16. The zero-order chi connectivity index (χ0) is 13.9. The van der Waals surface area contributed by atoms with Crippen molar-refractivity contribution < 1.29 is 4.74 Å². The zero-order valence-electron chi connectivity index (χ0n) is 12.6. The second-order valence-electron chi connectivity index (χ2n) is 6.23. The van der Waals surface area contributed by atoms with Crippen molar-refractivity contribution >= 4 is 5.69 Å². The van der Waals surface area contributed by atoms with Gasteiger partial charge in [0.25, 0.3) is 0 Å². The smallest absolute Gasteiger partial charge is 0.119 e. The number of nitrogens with one attached hydrogen (secondary N) is 2. The van der Waals surface area contributed by atoms with Gasteiger partial charge in [0.1, 0.15) is 5.75 Å². The van der Waals surface area contributed by atoms with Gasteiger partial charge >= 0.3 is 0 Å². The molecule has 1 saturated heterocycles. The quantitative estimate of drug-likeness (QED) is 0.883. The standard InChI is InChI=1S/C17H26N2O/c1-12-11-13(20-2)8-9-15(12)19-17-6-3-5-14(17)16-7-4-10-18-16/h8-9,11,14,16-19H,3-7,10H2,1-2H3. The molecule has 1 aromatic carbocycles. The number of hydrogen-bond donors (Lipinski definition) is 2. The summed E-state index contributed by atoms with van der Waals surface area (Å²) in [5, 5.41) is 7.48. The maximum atomic E-state index is 5.28. The molecule has 0 aromatic heterocycles. The third-order valence-corrected chi connectivity index (χ3v) is 4.96. The van der Waals surface area contributed by atoms with E-state index in [0.717, 1.165) is 17.7 Å². The van der Waals surface area contributed by atoms with Gasteiger partial charge in [-0.3, -0.25) is 0 Å². The topological polar surface area (TPSA) is 33.3 Å². The minimum Gasteiger partial charge on any atom is -0.497 e. The van der Waals surface area contributed by atoms with Crippen LogP contribution in [0, 0.1) is 12.8 Å². The van der Waals surface area contributed by atoms with Gasteiger partial charge in [0.15, 0.2) is 0 Å². The first-order valence-corrected chi connectivity index (χ1v) is 7.92. The van der Waals surface area contributed by atoms with Crippen LogP contribution in [0.2, 0.25) is 0 Å². The molecule has 2 aliphatic rings. The highest BCUT2D eigenvalue weighted by molar-refractivity contribution is 5.54. The van der Waals surface area contributed by atoms with E-state index < -0.39 is 0 Å². The summed E-state index contributed by atoms with van der Waals surface area (Å²) in [5.74, 6) is 1.73. The molecule has 1 aliphatic heterocycles. The van der Waals surface area contributed by atoms with Crippen LogP contribution in [0.5, 0.6) is 5.75 Å². The van der Waals surface area contributed by atoms with E-state index in [-0.39, 0.29) is 0 Å². The molecule has 3 nitrogen and oxygen atoms in total. The summed E-state index contributed by atoms with van der Waals surface area (Å²) in [4.78, 5) is 0. The fraction of sp³-hybridized carbons (Fsp3) is 0.647. The van der Waals surface area contributed by atoms with Crippen molar-refractivity contribution in [1.29, 1.82) is 0 Å². The second-order valence-corrected chi connectivity index (χ2v) is 6.23. The van der Waals surface area contributed by atoms with E-state index in [2.05, 4.69) is 29.7 Å². The average Bonchev–Trinajstić information content (AvgIpc) is 3.11. The van der Waals surface area contributed by atoms with E-state index in [1.165, 1.54) is 49.9 Å². The highest BCUT2D eigenvalue weighted by Gasteiger charge is 2.34. The first kappa shape index (κ1) is 13.7. The van der Waals surface area contributed by atoms with Crippen LogP contribution in [0.4, 0.5) is 5.69 Å². The lowest BCUT2D eigenvalue weighted by Crippen LogP contribution is -2.38. The van der Waals surface area contributed by atoms with Crippen LogP contribution in [0.3, 0.4) is 0 Å². The van der Waals surface area contributed by atoms with Gasteiger partial charge in [-0.2, -0.15) is 0 Å². The SMILES string of the molecule is COc1ccc(NC2CCCC2C2CCCN2)c(C)c1. The summed E-state index contributed by atoms with van der Waals surface area (Å²) in [6.45, 7) is 3.36. The van der Waals surface area contributed by atoms with E-state index in [9.17, 15) is 0 Å². The largest absolute Gasteiger partial charge is 0.497 e. The van der Waals surface area contributed by atoms with Gasteiger partial charge in [0.2, 0.25) is 0 Å². The van der Waals surface area contributed by atoms with Crippen LogP contribution in [0.25, 0.3) is 0 Å². The first-order valence-electron chi connectivity index (χ1n) is 7.92. The fourth-order valence-electron chi connectivity index (χ4n) is 3.85. The molecule has 2 N–H and O–H groups in total. The molecule has 3 unspecified atom stereocenters. The van der Waals surface area contributed by atoms with Crippen molar-refractivity contribution in [3.05, 3.63) is 23.8 Å². The lowest BCUT2D eigenvalue weighted by Gasteiger charge is -2.28. The predicted octanol–water partition coefficient (Wildman–Crippen LogP) is 3.34. The molecule has 110 valence electrons. The average molecular weight is 274 g/mol. The molecule has 0 radical (unpaired) electrons. The minimum absolute atomic E-state index is 0.623. The molecular weight excluding hydrogens is 248 g/mol. The lowest BCUT2D eigenvalue weighted by molar-refractivity contribution is 0.376. The Morgan fingerprint density at radius 2 is 2.10 bits per heavy atom. The van der Waals surface area contributed by atoms with Crippen LogP contribution in [0.1, 0.15) is 37.7 Å². The second kappa shape index (κ2) is 6.04. The molecule has 0 amide bonds. The summed E-state index contributed by atoms with van der Waals surface area (Å²) in [6.07, 6.45) is 6.72. The molecule has 20 heavy (non-hydrogen) atoms. The number of ether oxygens (including phenoxy) is 1. The van der Waals surface area contributed by atoms with Crippen LogP contribution in [0.15, 0.2) is 18.2 Å². The summed E-state index contributed by atoms with van der Waals surface area (Å²) < 4.78 is 5.28. The number of benzene rings is 1. The van der Waals surface area contributed by atoms with Gasteiger partial charge < -0.3 is 15.4 Å². The molecule has 1 aliphatic carbocycles. The molecule has 3 rings (SSSR count). The first-order chi connectivity index (χ1) is 9.78. The highest BCUT2D eigenvalue weighted by atomic mass is 16.5. The van der Waals surface area contributed by atoms with Gasteiger partial charge in [0, 0.05) is 17.8 Å². The van der Waals surface area contributed by atoms with E-state index in [0.29, 0.717) is 6.04 Å². The van der Waals surface area contributed by atoms with Gasteiger partial charge in [-0.1, -0.05) is 6.42 Å². The van der Waals surface area contributed by atoms with E-state index in [1.54, 1.807) is 7.11 Å². The van der Waals surface area contributed by atoms with Crippen molar-refractivity contribution in [2.24, 2.45) is 5.92 Å². The Morgan fingerprint density at radius 1 is 1.20 bits per heavy atom. The van der Waals surface area contributed by atoms with Gasteiger partial charge in [-0.05, 0) is 68.8 Å². The van der Waals surface area contributed by atoms with Gasteiger partial charge in [-0.15, -0.1) is 0 Å². The molecular formula is C17H26N2O. The third kappa shape index (κ3) is 2.78. The summed E-state index contributed by atoms with van der Waals surface area (Å²) in [7, 11) is 1.72.